The molecule has 0 spiro atoms. The second-order valence-electron chi connectivity index (χ2n) is 1.71. The molecule has 0 aromatic carbocycles. The van der Waals surface area contributed by atoms with E-state index < -0.39 is 11.9 Å². The van der Waals surface area contributed by atoms with Crippen molar-refractivity contribution in [1.82, 2.24) is 0 Å². The highest BCUT2D eigenvalue weighted by molar-refractivity contribution is 6.08. The van der Waals surface area contributed by atoms with Crippen LogP contribution in [0.3, 0.4) is 0 Å². The summed E-state index contributed by atoms with van der Waals surface area (Å²) in [6.07, 6.45) is 0.968. The fraction of sp³-hybridized carbons (Fsp3) is 0.167. The van der Waals surface area contributed by atoms with E-state index in [2.05, 4.69) is 4.74 Å². The van der Waals surface area contributed by atoms with Gasteiger partial charge in [-0.1, -0.05) is 0 Å². The van der Waals surface area contributed by atoms with Crippen LogP contribution in [0.1, 0.15) is 6.42 Å². The predicted octanol–water partition coefficient (Wildman–Crippen LogP) is -0.0901. The quantitative estimate of drug-likeness (QED) is 0.374. The van der Waals surface area contributed by atoms with Gasteiger partial charge in [0.15, 0.2) is 0 Å². The van der Waals surface area contributed by atoms with Crippen molar-refractivity contribution in [3.63, 3.8) is 0 Å². The van der Waals surface area contributed by atoms with Gasteiger partial charge in [0.25, 0.3) is 0 Å². The van der Waals surface area contributed by atoms with E-state index in [1.165, 1.54) is 0 Å². The smallest absolute Gasteiger partial charge is 0.343 e. The van der Waals surface area contributed by atoms with Crippen molar-refractivity contribution in [2.24, 2.45) is 0 Å². The van der Waals surface area contributed by atoms with Crippen molar-refractivity contribution in [2.75, 3.05) is 0 Å². The molecule has 0 aromatic rings. The van der Waals surface area contributed by atoms with Gasteiger partial charge in [-0.05, 0) is 0 Å². The molecule has 4 heteroatoms. The van der Waals surface area contributed by atoms with Crippen LogP contribution in [0, 0.1) is 11.3 Å². The van der Waals surface area contributed by atoms with Crippen molar-refractivity contribution < 1.29 is 14.3 Å². The maximum absolute atomic E-state index is 10.5. The summed E-state index contributed by atoms with van der Waals surface area (Å²) < 4.78 is 4.10. The monoisotopic (exact) mass is 137 g/mol. The Bertz CT molecular complexity index is 259. The summed E-state index contributed by atoms with van der Waals surface area (Å²) >= 11 is 0. The molecule has 1 aliphatic heterocycles. The number of esters is 2. The van der Waals surface area contributed by atoms with Crippen LogP contribution in [-0.4, -0.2) is 11.9 Å². The Morgan fingerprint density at radius 3 is 2.70 bits per heavy atom. The fourth-order valence-corrected chi connectivity index (χ4v) is 0.596. The molecular weight excluding hydrogens is 134 g/mol. The Morgan fingerprint density at radius 1 is 1.60 bits per heavy atom. The molecule has 0 amide bonds. The van der Waals surface area contributed by atoms with Gasteiger partial charge in [0, 0.05) is 6.08 Å². The van der Waals surface area contributed by atoms with E-state index in [0.29, 0.717) is 0 Å². The number of ether oxygens (including phenoxy) is 1. The van der Waals surface area contributed by atoms with Gasteiger partial charge < -0.3 is 4.74 Å². The summed E-state index contributed by atoms with van der Waals surface area (Å²) in [5.74, 6) is -1.39. The number of cyclic esters (lactones) is 2. The molecule has 0 radical (unpaired) electrons. The fourth-order valence-electron chi connectivity index (χ4n) is 0.596. The molecule has 0 bridgehead atoms. The van der Waals surface area contributed by atoms with Crippen LogP contribution in [0.2, 0.25) is 0 Å². The molecule has 4 nitrogen and oxygen atoms in total. The molecule has 0 N–H and O–H groups in total. The SMILES string of the molecule is N#CCC1=CC(=O)OC1=O. The molecule has 1 heterocycles. The van der Waals surface area contributed by atoms with Crippen LogP contribution in [-0.2, 0) is 14.3 Å². The molecular formula is C6H3NO3. The van der Waals surface area contributed by atoms with Crippen molar-refractivity contribution in [1.29, 1.82) is 5.26 Å². The Kier molecular flexibility index (Phi) is 1.50. The minimum atomic E-state index is -0.702. The lowest BCUT2D eigenvalue weighted by atomic mass is 10.2. The number of nitriles is 1. The number of hydrogen-bond donors (Lipinski definition) is 0. The van der Waals surface area contributed by atoms with Crippen molar-refractivity contribution >= 4 is 11.9 Å². The first-order valence-corrected chi connectivity index (χ1v) is 2.57. The standard InChI is InChI=1S/C6H3NO3/c7-2-1-4-3-5(8)10-6(4)9/h3H,1H2. The second kappa shape index (κ2) is 2.31. The first-order chi connectivity index (χ1) is 4.74. The van der Waals surface area contributed by atoms with E-state index in [9.17, 15) is 9.59 Å². The zero-order valence-electron chi connectivity index (χ0n) is 4.96. The number of rotatable bonds is 1. The molecule has 10 heavy (non-hydrogen) atoms. The maximum Gasteiger partial charge on any atom is 0.343 e. The van der Waals surface area contributed by atoms with E-state index in [1.807, 2.05) is 0 Å². The Balaban J connectivity index is 2.77. The molecule has 0 aromatic heterocycles. The second-order valence-corrected chi connectivity index (χ2v) is 1.71. The van der Waals surface area contributed by atoms with E-state index in [4.69, 9.17) is 5.26 Å². The highest BCUT2D eigenvalue weighted by Crippen LogP contribution is 2.10. The lowest BCUT2D eigenvalue weighted by Gasteiger charge is -1.86. The normalized spacial score (nSPS) is 16.1. The predicted molar refractivity (Wildman–Crippen MR) is 29.4 cm³/mol. The molecule has 0 unspecified atom stereocenters. The van der Waals surface area contributed by atoms with Crippen LogP contribution >= 0.6 is 0 Å². The molecule has 0 fully saturated rings. The van der Waals surface area contributed by atoms with Crippen LogP contribution in [0.15, 0.2) is 11.6 Å². The van der Waals surface area contributed by atoms with Gasteiger partial charge in [-0.3, -0.25) is 0 Å². The largest absolute Gasteiger partial charge is 0.386 e. The van der Waals surface area contributed by atoms with Crippen molar-refractivity contribution in [3.05, 3.63) is 11.6 Å². The third kappa shape index (κ3) is 1.03. The Labute approximate surface area is 56.7 Å². The highest BCUT2D eigenvalue weighted by Gasteiger charge is 2.22. The summed E-state index contributed by atoms with van der Waals surface area (Å²) in [4.78, 5) is 20.8. The zero-order valence-corrected chi connectivity index (χ0v) is 4.96. The first-order valence-electron chi connectivity index (χ1n) is 2.57. The third-order valence-electron chi connectivity index (χ3n) is 1.02. The van der Waals surface area contributed by atoms with Gasteiger partial charge in [0.05, 0.1) is 18.1 Å². The number of carbonyl (C=O) groups excluding carboxylic acids is 2. The lowest BCUT2D eigenvalue weighted by Crippen LogP contribution is -2.01. The van der Waals surface area contributed by atoms with E-state index >= 15 is 0 Å². The van der Waals surface area contributed by atoms with Crippen LogP contribution in [0.4, 0.5) is 0 Å². The Hall–Kier alpha value is -1.63. The summed E-state index contributed by atoms with van der Waals surface area (Å²) in [5, 5.41) is 8.12. The molecule has 50 valence electrons. The average Bonchev–Trinajstić information content (AvgIpc) is 2.13. The van der Waals surface area contributed by atoms with E-state index in [-0.39, 0.29) is 12.0 Å². The minimum Gasteiger partial charge on any atom is -0.386 e. The van der Waals surface area contributed by atoms with E-state index in [0.717, 1.165) is 6.08 Å². The molecule has 0 atom stereocenters. The summed E-state index contributed by atoms with van der Waals surface area (Å²) in [7, 11) is 0. The van der Waals surface area contributed by atoms with Crippen LogP contribution in [0.25, 0.3) is 0 Å². The third-order valence-corrected chi connectivity index (χ3v) is 1.02. The molecule has 0 aliphatic carbocycles. The van der Waals surface area contributed by atoms with Gasteiger partial charge >= 0.3 is 11.9 Å². The maximum atomic E-state index is 10.5. The highest BCUT2D eigenvalue weighted by atomic mass is 16.6. The van der Waals surface area contributed by atoms with Gasteiger partial charge in [-0.15, -0.1) is 0 Å². The number of carbonyl (C=O) groups is 2. The average molecular weight is 137 g/mol. The zero-order chi connectivity index (χ0) is 7.56. The molecule has 1 rings (SSSR count). The van der Waals surface area contributed by atoms with Gasteiger partial charge in [0.1, 0.15) is 0 Å². The van der Waals surface area contributed by atoms with Gasteiger partial charge in [-0.25, -0.2) is 9.59 Å². The number of hydrogen-bond acceptors (Lipinski definition) is 4. The molecule has 0 saturated carbocycles. The van der Waals surface area contributed by atoms with Crippen molar-refractivity contribution in [3.8, 4) is 6.07 Å². The molecule has 1 aliphatic rings. The van der Waals surface area contributed by atoms with Crippen LogP contribution in [0.5, 0.6) is 0 Å². The summed E-state index contributed by atoms with van der Waals surface area (Å²) in [6.45, 7) is 0. The summed E-state index contributed by atoms with van der Waals surface area (Å²) in [5.41, 5.74) is 0.132. The van der Waals surface area contributed by atoms with Gasteiger partial charge in [0.2, 0.25) is 0 Å². The topological polar surface area (TPSA) is 67.2 Å². The summed E-state index contributed by atoms with van der Waals surface area (Å²) in [6, 6.07) is 1.74. The van der Waals surface area contributed by atoms with Crippen LogP contribution < -0.4 is 0 Å². The van der Waals surface area contributed by atoms with Crippen molar-refractivity contribution in [2.45, 2.75) is 6.42 Å². The first kappa shape index (κ1) is 6.49. The van der Waals surface area contributed by atoms with Gasteiger partial charge in [-0.2, -0.15) is 5.26 Å². The minimum absolute atomic E-state index is 0.0649. The Morgan fingerprint density at radius 2 is 2.30 bits per heavy atom. The number of nitrogens with zero attached hydrogens (tertiary/aromatic N) is 1. The van der Waals surface area contributed by atoms with E-state index in [1.54, 1.807) is 6.07 Å². The lowest BCUT2D eigenvalue weighted by molar-refractivity contribution is -0.150. The molecule has 0 saturated heterocycles.